The summed E-state index contributed by atoms with van der Waals surface area (Å²) < 4.78 is 10.2. The van der Waals surface area contributed by atoms with Crippen molar-refractivity contribution in [3.05, 3.63) is 77.5 Å². The van der Waals surface area contributed by atoms with Gasteiger partial charge in [0, 0.05) is 20.1 Å². The Morgan fingerprint density at radius 1 is 0.969 bits per heavy atom. The fourth-order valence-electron chi connectivity index (χ4n) is 3.63. The van der Waals surface area contributed by atoms with Gasteiger partial charge in [-0.25, -0.2) is 4.84 Å². The van der Waals surface area contributed by atoms with Crippen LogP contribution in [0.3, 0.4) is 0 Å². The number of amides is 2. The van der Waals surface area contributed by atoms with Crippen molar-refractivity contribution in [3.8, 4) is 5.75 Å². The lowest BCUT2D eigenvalue weighted by molar-refractivity contribution is -0.226. The minimum atomic E-state index is -0.612. The summed E-state index contributed by atoms with van der Waals surface area (Å²) in [6.45, 7) is 4.20. The van der Waals surface area contributed by atoms with E-state index in [1.54, 1.807) is 7.11 Å². The Labute approximate surface area is 189 Å². The molecule has 0 bridgehead atoms. The standard InChI is InChI=1S/C25H30N2O5/c1-18(2)14-22-24(28)27(32-17-30-3)25(29)23(15-19-8-6-5-7-9-19)26(22)16-20-10-12-21(31-4)13-11-20/h5-14,18,23H,15-17H2,1-4H3/b22-14+/t23-/m0/s1. The Hall–Kier alpha value is -3.16. The fourth-order valence-corrected chi connectivity index (χ4v) is 3.63. The van der Waals surface area contributed by atoms with E-state index in [2.05, 4.69) is 0 Å². The highest BCUT2D eigenvalue weighted by Gasteiger charge is 2.44. The van der Waals surface area contributed by atoms with E-state index >= 15 is 0 Å². The first-order chi connectivity index (χ1) is 15.4. The number of imide groups is 1. The Balaban J connectivity index is 2.02. The van der Waals surface area contributed by atoms with Gasteiger partial charge in [-0.15, -0.1) is 5.06 Å². The van der Waals surface area contributed by atoms with Gasteiger partial charge in [0.25, 0.3) is 5.91 Å². The highest BCUT2D eigenvalue weighted by molar-refractivity contribution is 6.07. The minimum Gasteiger partial charge on any atom is -0.497 e. The number of ether oxygens (including phenoxy) is 2. The van der Waals surface area contributed by atoms with Gasteiger partial charge in [0.1, 0.15) is 17.5 Å². The van der Waals surface area contributed by atoms with E-state index in [-0.39, 0.29) is 12.7 Å². The van der Waals surface area contributed by atoms with Crippen molar-refractivity contribution in [2.24, 2.45) is 5.92 Å². The van der Waals surface area contributed by atoms with Gasteiger partial charge in [0.15, 0.2) is 6.79 Å². The molecule has 1 aliphatic heterocycles. The number of carbonyl (C=O) groups excluding carboxylic acids is 2. The number of nitrogens with zero attached hydrogens (tertiary/aromatic N) is 2. The van der Waals surface area contributed by atoms with Crippen molar-refractivity contribution in [2.45, 2.75) is 32.9 Å². The highest BCUT2D eigenvalue weighted by atomic mass is 16.8. The Bertz CT molecular complexity index is 941. The summed E-state index contributed by atoms with van der Waals surface area (Å²) in [7, 11) is 3.06. The van der Waals surface area contributed by atoms with Crippen LogP contribution in [0.4, 0.5) is 0 Å². The van der Waals surface area contributed by atoms with Gasteiger partial charge in [0.2, 0.25) is 0 Å². The number of benzene rings is 2. The fraction of sp³-hybridized carbons (Fsp3) is 0.360. The smallest absolute Gasteiger partial charge is 0.300 e. The summed E-state index contributed by atoms with van der Waals surface area (Å²) in [4.78, 5) is 34.0. The first-order valence-electron chi connectivity index (χ1n) is 10.6. The van der Waals surface area contributed by atoms with E-state index in [1.807, 2.05) is 79.4 Å². The molecule has 170 valence electrons. The minimum absolute atomic E-state index is 0.0992. The molecular formula is C25H30N2O5. The molecule has 7 nitrogen and oxygen atoms in total. The summed E-state index contributed by atoms with van der Waals surface area (Å²) in [5, 5.41) is 0.843. The van der Waals surface area contributed by atoms with Crippen molar-refractivity contribution >= 4 is 11.8 Å². The molecule has 0 spiro atoms. The van der Waals surface area contributed by atoms with Gasteiger partial charge in [-0.1, -0.05) is 62.4 Å². The lowest BCUT2D eigenvalue weighted by Crippen LogP contribution is -2.58. The third kappa shape index (κ3) is 5.55. The molecule has 2 amide bonds. The average molecular weight is 439 g/mol. The molecule has 0 aliphatic carbocycles. The Kier molecular flexibility index (Phi) is 8.03. The maximum atomic E-state index is 13.4. The predicted molar refractivity (Wildman–Crippen MR) is 120 cm³/mol. The number of rotatable bonds is 9. The summed E-state index contributed by atoms with van der Waals surface area (Å²) in [5.41, 5.74) is 2.40. The molecule has 0 N–H and O–H groups in total. The van der Waals surface area contributed by atoms with Gasteiger partial charge >= 0.3 is 5.91 Å². The second kappa shape index (κ2) is 10.9. The molecule has 3 rings (SSSR count). The van der Waals surface area contributed by atoms with E-state index in [4.69, 9.17) is 14.3 Å². The van der Waals surface area contributed by atoms with Gasteiger partial charge in [-0.2, -0.15) is 0 Å². The second-order valence-corrected chi connectivity index (χ2v) is 7.95. The van der Waals surface area contributed by atoms with Crippen LogP contribution >= 0.6 is 0 Å². The number of hydrogen-bond acceptors (Lipinski definition) is 6. The topological polar surface area (TPSA) is 68.3 Å². The zero-order chi connectivity index (χ0) is 23.1. The molecule has 1 aliphatic rings. The van der Waals surface area contributed by atoms with Crippen LogP contribution in [0.25, 0.3) is 0 Å². The Morgan fingerprint density at radius 2 is 1.66 bits per heavy atom. The molecule has 1 atom stereocenters. The van der Waals surface area contributed by atoms with E-state index in [1.165, 1.54) is 7.11 Å². The molecule has 0 unspecified atom stereocenters. The third-order valence-corrected chi connectivity index (χ3v) is 5.15. The Morgan fingerprint density at radius 3 is 2.25 bits per heavy atom. The van der Waals surface area contributed by atoms with E-state index in [0.29, 0.717) is 18.7 Å². The second-order valence-electron chi connectivity index (χ2n) is 7.95. The maximum Gasteiger partial charge on any atom is 0.300 e. The SMILES string of the molecule is COCON1C(=O)/C(=C\C(C)C)N(Cc2ccc(OC)cc2)[C@@H](Cc2ccccc2)C1=O. The van der Waals surface area contributed by atoms with Crippen molar-refractivity contribution < 1.29 is 23.9 Å². The zero-order valence-corrected chi connectivity index (χ0v) is 19.0. The van der Waals surface area contributed by atoms with Crippen LogP contribution in [0.2, 0.25) is 0 Å². The molecule has 1 fully saturated rings. The number of methoxy groups -OCH3 is 2. The molecule has 2 aromatic rings. The monoisotopic (exact) mass is 438 g/mol. The molecule has 0 radical (unpaired) electrons. The molecule has 1 heterocycles. The number of allylic oxidation sites excluding steroid dienone is 1. The summed E-state index contributed by atoms with van der Waals surface area (Å²) in [6, 6.07) is 16.8. The van der Waals surface area contributed by atoms with Crippen LogP contribution in [0.5, 0.6) is 5.75 Å². The van der Waals surface area contributed by atoms with Crippen molar-refractivity contribution in [1.29, 1.82) is 0 Å². The van der Waals surface area contributed by atoms with Crippen LogP contribution in [0.15, 0.2) is 66.4 Å². The predicted octanol–water partition coefficient (Wildman–Crippen LogP) is 3.55. The number of hydroxylamine groups is 2. The van der Waals surface area contributed by atoms with Gasteiger partial charge in [-0.3, -0.25) is 9.59 Å². The van der Waals surface area contributed by atoms with Crippen LogP contribution in [0, 0.1) is 5.92 Å². The quantitative estimate of drug-likeness (QED) is 0.339. The highest BCUT2D eigenvalue weighted by Crippen LogP contribution is 2.28. The van der Waals surface area contributed by atoms with E-state index in [9.17, 15) is 9.59 Å². The number of carbonyl (C=O) groups is 2. The number of hydrogen-bond donors (Lipinski definition) is 0. The zero-order valence-electron chi connectivity index (χ0n) is 19.0. The normalized spacial score (nSPS) is 18.0. The van der Waals surface area contributed by atoms with Crippen molar-refractivity contribution in [1.82, 2.24) is 9.96 Å². The first kappa shape index (κ1) is 23.5. The van der Waals surface area contributed by atoms with Crippen molar-refractivity contribution in [2.75, 3.05) is 21.0 Å². The number of piperazine rings is 1. The van der Waals surface area contributed by atoms with Crippen LogP contribution < -0.4 is 4.74 Å². The molecule has 1 saturated heterocycles. The van der Waals surface area contributed by atoms with Crippen LogP contribution in [0.1, 0.15) is 25.0 Å². The first-order valence-corrected chi connectivity index (χ1v) is 10.6. The largest absolute Gasteiger partial charge is 0.497 e. The molecule has 7 heteroatoms. The molecule has 0 aromatic heterocycles. The lowest BCUT2D eigenvalue weighted by Gasteiger charge is -2.41. The van der Waals surface area contributed by atoms with Gasteiger partial charge in [-0.05, 0) is 29.2 Å². The van der Waals surface area contributed by atoms with E-state index < -0.39 is 17.9 Å². The molecule has 2 aromatic carbocycles. The lowest BCUT2D eigenvalue weighted by atomic mass is 9.98. The van der Waals surface area contributed by atoms with E-state index in [0.717, 1.165) is 21.9 Å². The third-order valence-electron chi connectivity index (χ3n) is 5.15. The molecule has 0 saturated carbocycles. The van der Waals surface area contributed by atoms with Crippen molar-refractivity contribution in [3.63, 3.8) is 0 Å². The molecular weight excluding hydrogens is 408 g/mol. The van der Waals surface area contributed by atoms with Gasteiger partial charge < -0.3 is 14.4 Å². The van der Waals surface area contributed by atoms with Gasteiger partial charge in [0.05, 0.1) is 7.11 Å². The van der Waals surface area contributed by atoms with Crippen LogP contribution in [-0.2, 0) is 32.1 Å². The summed E-state index contributed by atoms with van der Waals surface area (Å²) in [6.07, 6.45) is 2.31. The maximum absolute atomic E-state index is 13.4. The molecule has 32 heavy (non-hydrogen) atoms. The summed E-state index contributed by atoms with van der Waals surface area (Å²) >= 11 is 0. The summed E-state index contributed by atoms with van der Waals surface area (Å²) in [5.74, 6) is -0.0523. The van der Waals surface area contributed by atoms with Crippen LogP contribution in [-0.4, -0.2) is 48.8 Å². The average Bonchev–Trinajstić information content (AvgIpc) is 2.80.